The number of carbonyl (C=O) groups is 1. The van der Waals surface area contributed by atoms with E-state index in [9.17, 15) is 4.79 Å². The molecule has 0 saturated carbocycles. The van der Waals surface area contributed by atoms with Crippen molar-refractivity contribution in [1.82, 2.24) is 19.9 Å². The van der Waals surface area contributed by atoms with Crippen LogP contribution in [0.4, 0.5) is 0 Å². The summed E-state index contributed by atoms with van der Waals surface area (Å²) in [4.78, 5) is 21.2. The summed E-state index contributed by atoms with van der Waals surface area (Å²) >= 11 is 0. The predicted molar refractivity (Wildman–Crippen MR) is 108 cm³/mol. The Balaban J connectivity index is 1.43. The van der Waals surface area contributed by atoms with Crippen molar-refractivity contribution in [2.75, 3.05) is 0 Å². The van der Waals surface area contributed by atoms with Gasteiger partial charge in [0.15, 0.2) is 0 Å². The first-order valence-electron chi connectivity index (χ1n) is 9.13. The van der Waals surface area contributed by atoms with Gasteiger partial charge in [-0.3, -0.25) is 9.36 Å². The van der Waals surface area contributed by atoms with Crippen LogP contribution in [-0.2, 0) is 13.0 Å². The number of benzene rings is 2. The molecule has 0 aliphatic heterocycles. The second-order valence-electron chi connectivity index (χ2n) is 6.50. The highest BCUT2D eigenvalue weighted by Crippen LogP contribution is 2.15. The fourth-order valence-electron chi connectivity index (χ4n) is 3.06. The maximum Gasteiger partial charge on any atom is 0.251 e. The Morgan fingerprint density at radius 2 is 1.75 bits per heavy atom. The van der Waals surface area contributed by atoms with Gasteiger partial charge in [0.05, 0.1) is 0 Å². The van der Waals surface area contributed by atoms with Crippen LogP contribution in [0.1, 0.15) is 27.0 Å². The van der Waals surface area contributed by atoms with Gasteiger partial charge < -0.3 is 5.32 Å². The van der Waals surface area contributed by atoms with Gasteiger partial charge in [0.2, 0.25) is 0 Å². The molecule has 5 heteroatoms. The third-order valence-corrected chi connectivity index (χ3v) is 4.53. The number of nitrogens with one attached hydrogen (secondary N) is 1. The van der Waals surface area contributed by atoms with Gasteiger partial charge in [0, 0.05) is 30.7 Å². The molecule has 0 spiro atoms. The predicted octanol–water partition coefficient (Wildman–Crippen LogP) is 3.79. The van der Waals surface area contributed by atoms with Crippen LogP contribution in [0, 0.1) is 0 Å². The van der Waals surface area contributed by atoms with Crippen LogP contribution in [0.25, 0.3) is 5.82 Å². The molecule has 0 aliphatic rings. The number of hydrogen-bond acceptors (Lipinski definition) is 3. The van der Waals surface area contributed by atoms with E-state index in [1.165, 1.54) is 5.56 Å². The monoisotopic (exact) mass is 368 g/mol. The first-order valence-corrected chi connectivity index (χ1v) is 9.13. The molecule has 4 rings (SSSR count). The lowest BCUT2D eigenvalue weighted by molar-refractivity contribution is 0.0950. The van der Waals surface area contributed by atoms with Crippen molar-refractivity contribution < 1.29 is 4.79 Å². The third-order valence-electron chi connectivity index (χ3n) is 4.53. The van der Waals surface area contributed by atoms with Crippen molar-refractivity contribution in [3.05, 3.63) is 114 Å². The van der Waals surface area contributed by atoms with Crippen molar-refractivity contribution in [2.45, 2.75) is 13.0 Å². The second-order valence-corrected chi connectivity index (χ2v) is 6.50. The molecule has 1 N–H and O–H groups in total. The van der Waals surface area contributed by atoms with E-state index in [2.05, 4.69) is 27.4 Å². The molecule has 0 bridgehead atoms. The van der Waals surface area contributed by atoms with Crippen molar-refractivity contribution in [1.29, 1.82) is 0 Å². The van der Waals surface area contributed by atoms with Crippen molar-refractivity contribution >= 4 is 5.91 Å². The topological polar surface area (TPSA) is 59.8 Å². The molecule has 0 radical (unpaired) electrons. The molecule has 0 saturated heterocycles. The summed E-state index contributed by atoms with van der Waals surface area (Å²) in [6.07, 6.45) is 7.75. The normalized spacial score (nSPS) is 10.6. The Morgan fingerprint density at radius 1 is 0.929 bits per heavy atom. The Morgan fingerprint density at radius 3 is 2.50 bits per heavy atom. The zero-order chi connectivity index (χ0) is 19.2. The van der Waals surface area contributed by atoms with E-state index in [1.54, 1.807) is 18.7 Å². The first kappa shape index (κ1) is 17.7. The van der Waals surface area contributed by atoms with Gasteiger partial charge in [-0.1, -0.05) is 54.6 Å². The largest absolute Gasteiger partial charge is 0.348 e. The molecule has 28 heavy (non-hydrogen) atoms. The number of imidazole rings is 1. The molecule has 138 valence electrons. The molecule has 5 nitrogen and oxygen atoms in total. The number of hydrogen-bond donors (Lipinski definition) is 1. The molecule has 0 atom stereocenters. The highest BCUT2D eigenvalue weighted by atomic mass is 16.1. The Kier molecular flexibility index (Phi) is 5.24. The summed E-state index contributed by atoms with van der Waals surface area (Å²) in [6, 6.07) is 21.8. The minimum atomic E-state index is -0.0785. The molecule has 2 aromatic heterocycles. The van der Waals surface area contributed by atoms with Gasteiger partial charge in [0.25, 0.3) is 5.91 Å². The molecule has 2 aromatic carbocycles. The molecule has 0 fully saturated rings. The quantitative estimate of drug-likeness (QED) is 0.563. The number of rotatable bonds is 6. The minimum absolute atomic E-state index is 0.0785. The Bertz CT molecular complexity index is 1040. The summed E-state index contributed by atoms with van der Waals surface area (Å²) in [6.45, 7) is 0.426. The maximum absolute atomic E-state index is 12.7. The van der Waals surface area contributed by atoms with E-state index in [-0.39, 0.29) is 5.91 Å². The molecule has 1 amide bonds. The van der Waals surface area contributed by atoms with Crippen LogP contribution in [0.5, 0.6) is 0 Å². The van der Waals surface area contributed by atoms with Crippen LogP contribution in [0.3, 0.4) is 0 Å². The Labute approximate surface area is 163 Å². The fourth-order valence-corrected chi connectivity index (χ4v) is 3.06. The number of pyridine rings is 1. The van der Waals surface area contributed by atoms with Crippen LogP contribution in [-0.4, -0.2) is 20.4 Å². The molecular formula is C23H20N4O. The van der Waals surface area contributed by atoms with Crippen molar-refractivity contribution in [3.63, 3.8) is 0 Å². The van der Waals surface area contributed by atoms with Crippen LogP contribution in [0.2, 0.25) is 0 Å². The minimum Gasteiger partial charge on any atom is -0.348 e. The number of aromatic nitrogens is 3. The van der Waals surface area contributed by atoms with Gasteiger partial charge in [-0.2, -0.15) is 0 Å². The highest BCUT2D eigenvalue weighted by Gasteiger charge is 2.11. The first-order chi connectivity index (χ1) is 13.8. The van der Waals surface area contributed by atoms with E-state index >= 15 is 0 Å². The molecule has 0 unspecified atom stereocenters. The zero-order valence-corrected chi connectivity index (χ0v) is 15.3. The fraction of sp³-hybridized carbons (Fsp3) is 0.0870. The van der Waals surface area contributed by atoms with Crippen LogP contribution < -0.4 is 5.32 Å². The smallest absolute Gasteiger partial charge is 0.251 e. The lowest BCUT2D eigenvalue weighted by atomic mass is 9.99. The van der Waals surface area contributed by atoms with Gasteiger partial charge in [-0.05, 0) is 35.2 Å². The van der Waals surface area contributed by atoms with E-state index in [0.29, 0.717) is 12.1 Å². The molecular weight excluding hydrogens is 348 g/mol. The highest BCUT2D eigenvalue weighted by molar-refractivity contribution is 5.95. The van der Waals surface area contributed by atoms with Gasteiger partial charge in [0.1, 0.15) is 12.1 Å². The summed E-state index contributed by atoms with van der Waals surface area (Å²) < 4.78 is 1.84. The SMILES string of the molecule is O=C(NCc1ccc(-n2ccnc2)nc1)c1ccccc1Cc1ccccc1. The molecule has 4 aromatic rings. The van der Waals surface area contributed by atoms with Gasteiger partial charge in [-0.25, -0.2) is 9.97 Å². The van der Waals surface area contributed by atoms with Crippen LogP contribution in [0.15, 0.2) is 91.6 Å². The summed E-state index contributed by atoms with van der Waals surface area (Å²) in [5.74, 6) is 0.714. The lowest BCUT2D eigenvalue weighted by Gasteiger charge is -2.11. The van der Waals surface area contributed by atoms with E-state index in [1.807, 2.05) is 65.4 Å². The molecule has 0 aliphatic carbocycles. The summed E-state index contributed by atoms with van der Waals surface area (Å²) in [5, 5.41) is 3.00. The summed E-state index contributed by atoms with van der Waals surface area (Å²) in [7, 11) is 0. The van der Waals surface area contributed by atoms with Gasteiger partial charge in [-0.15, -0.1) is 0 Å². The van der Waals surface area contributed by atoms with Crippen molar-refractivity contribution in [3.8, 4) is 5.82 Å². The average molecular weight is 368 g/mol. The van der Waals surface area contributed by atoms with E-state index in [4.69, 9.17) is 0 Å². The van der Waals surface area contributed by atoms with Crippen molar-refractivity contribution in [2.24, 2.45) is 0 Å². The average Bonchev–Trinajstić information content (AvgIpc) is 3.28. The molecule has 2 heterocycles. The zero-order valence-electron chi connectivity index (χ0n) is 15.3. The standard InChI is InChI=1S/C23H20N4O/c28-23(21-9-5-4-8-20(21)14-18-6-2-1-3-7-18)26-16-19-10-11-22(25-15-19)27-13-12-24-17-27/h1-13,15,17H,14,16H2,(H,26,28). The lowest BCUT2D eigenvalue weighted by Crippen LogP contribution is -2.24. The summed E-state index contributed by atoms with van der Waals surface area (Å²) in [5.41, 5.74) is 3.84. The number of carbonyl (C=O) groups excluding carboxylic acids is 1. The second kappa shape index (κ2) is 8.31. The van der Waals surface area contributed by atoms with E-state index in [0.717, 1.165) is 23.4 Å². The Hall–Kier alpha value is -3.73. The number of nitrogens with zero attached hydrogens (tertiary/aromatic N) is 3. The maximum atomic E-state index is 12.7. The van der Waals surface area contributed by atoms with E-state index < -0.39 is 0 Å². The van der Waals surface area contributed by atoms with Gasteiger partial charge >= 0.3 is 0 Å². The van der Waals surface area contributed by atoms with Crippen LogP contribution >= 0.6 is 0 Å². The third kappa shape index (κ3) is 4.15. The number of amides is 1.